The van der Waals surface area contributed by atoms with Gasteiger partial charge < -0.3 is 21.1 Å². The average Bonchev–Trinajstić information content (AvgIpc) is 3.17. The van der Waals surface area contributed by atoms with Crippen LogP contribution in [0.4, 0.5) is 5.69 Å². The topological polar surface area (TPSA) is 120 Å². The van der Waals surface area contributed by atoms with E-state index in [1.807, 2.05) is 11.8 Å². The van der Waals surface area contributed by atoms with Crippen molar-refractivity contribution >= 4 is 23.3 Å². The van der Waals surface area contributed by atoms with Gasteiger partial charge in [0.2, 0.25) is 5.91 Å². The van der Waals surface area contributed by atoms with Crippen molar-refractivity contribution in [2.45, 2.75) is 26.2 Å². The molecule has 7 nitrogen and oxygen atoms in total. The Kier molecular flexibility index (Phi) is 5.63. The molecule has 1 heterocycles. The Morgan fingerprint density at radius 3 is 2.54 bits per heavy atom. The summed E-state index contributed by atoms with van der Waals surface area (Å²) in [6, 6.07) is 9.69. The Balaban J connectivity index is 1.69. The van der Waals surface area contributed by atoms with Gasteiger partial charge in [-0.2, -0.15) is 0 Å². The lowest BCUT2D eigenvalue weighted by molar-refractivity contribution is -0.115. The molecule has 3 rings (SSSR count). The van der Waals surface area contributed by atoms with E-state index in [9.17, 15) is 14.7 Å². The molecule has 0 spiro atoms. The molecule has 5 N–H and O–H groups in total. The largest absolute Gasteiger partial charge is 0.508 e. The van der Waals surface area contributed by atoms with Crippen LogP contribution in [0.1, 0.15) is 39.9 Å². The van der Waals surface area contributed by atoms with Gasteiger partial charge >= 0.3 is 0 Å². The van der Waals surface area contributed by atoms with Crippen LogP contribution >= 0.6 is 0 Å². The second-order valence-corrected chi connectivity index (χ2v) is 7.01. The Morgan fingerprint density at radius 1 is 1.18 bits per heavy atom. The zero-order chi connectivity index (χ0) is 20.3. The van der Waals surface area contributed by atoms with Gasteiger partial charge in [0.25, 0.3) is 5.91 Å². The number of phenols is 1. The van der Waals surface area contributed by atoms with E-state index in [4.69, 9.17) is 11.1 Å². The molecular weight excluding hydrogens is 356 g/mol. The third-order valence-corrected chi connectivity index (χ3v) is 4.88. The number of aryl methyl sites for hydroxylation is 1. The molecule has 0 saturated carbocycles. The van der Waals surface area contributed by atoms with Crippen LogP contribution in [-0.2, 0) is 11.2 Å². The lowest BCUT2D eigenvalue weighted by Gasteiger charge is -2.17. The number of nitrogen functional groups attached to an aromatic ring is 1. The molecular formula is C21H24N4O3. The number of benzene rings is 2. The first-order valence-electron chi connectivity index (χ1n) is 9.21. The Labute approximate surface area is 163 Å². The molecule has 2 aromatic rings. The molecule has 2 amide bonds. The summed E-state index contributed by atoms with van der Waals surface area (Å²) in [6.45, 7) is 3.43. The zero-order valence-corrected chi connectivity index (χ0v) is 15.8. The fourth-order valence-corrected chi connectivity index (χ4v) is 3.34. The first-order valence-corrected chi connectivity index (χ1v) is 9.21. The number of aromatic hydroxyl groups is 1. The number of carbonyl (C=O) groups is 2. The van der Waals surface area contributed by atoms with Crippen molar-refractivity contribution in [1.29, 1.82) is 5.41 Å². The van der Waals surface area contributed by atoms with E-state index in [-0.39, 0.29) is 29.8 Å². The van der Waals surface area contributed by atoms with E-state index in [1.165, 1.54) is 18.2 Å². The minimum absolute atomic E-state index is 0.0251. The third-order valence-electron chi connectivity index (χ3n) is 4.88. The highest BCUT2D eigenvalue weighted by atomic mass is 16.3. The first-order chi connectivity index (χ1) is 13.3. The van der Waals surface area contributed by atoms with Crippen molar-refractivity contribution in [3.63, 3.8) is 0 Å². The van der Waals surface area contributed by atoms with E-state index in [2.05, 4.69) is 5.32 Å². The van der Waals surface area contributed by atoms with E-state index in [0.29, 0.717) is 22.4 Å². The molecule has 0 aromatic heterocycles. The van der Waals surface area contributed by atoms with Gasteiger partial charge in [-0.25, -0.2) is 0 Å². The lowest BCUT2D eigenvalue weighted by Crippen LogP contribution is -2.28. The number of anilines is 1. The van der Waals surface area contributed by atoms with E-state index >= 15 is 0 Å². The number of rotatable bonds is 5. The van der Waals surface area contributed by atoms with Crippen molar-refractivity contribution in [1.82, 2.24) is 4.90 Å². The molecule has 7 heteroatoms. The minimum Gasteiger partial charge on any atom is -0.508 e. The number of nitrogens with one attached hydrogen (secondary N) is 2. The summed E-state index contributed by atoms with van der Waals surface area (Å²) < 4.78 is 0. The minimum atomic E-state index is -0.311. The fraction of sp³-hybridized carbons (Fsp3) is 0.286. The molecule has 2 aromatic carbocycles. The van der Waals surface area contributed by atoms with Crippen LogP contribution in [0.25, 0.3) is 0 Å². The molecule has 0 atom stereocenters. The molecule has 0 unspecified atom stereocenters. The van der Waals surface area contributed by atoms with Gasteiger partial charge in [-0.1, -0.05) is 0 Å². The predicted molar refractivity (Wildman–Crippen MR) is 108 cm³/mol. The zero-order valence-electron chi connectivity index (χ0n) is 15.8. The van der Waals surface area contributed by atoms with Crippen molar-refractivity contribution in [3.05, 3.63) is 58.7 Å². The van der Waals surface area contributed by atoms with Gasteiger partial charge in [0, 0.05) is 35.5 Å². The lowest BCUT2D eigenvalue weighted by atomic mass is 10.0. The Hall–Kier alpha value is -3.35. The highest BCUT2D eigenvalue weighted by molar-refractivity contribution is 5.98. The molecule has 146 valence electrons. The summed E-state index contributed by atoms with van der Waals surface area (Å²) in [7, 11) is 0. The van der Waals surface area contributed by atoms with Crippen LogP contribution < -0.4 is 11.1 Å². The van der Waals surface area contributed by atoms with Gasteiger partial charge in [0.1, 0.15) is 11.6 Å². The molecule has 0 bridgehead atoms. The monoisotopic (exact) mass is 380 g/mol. The summed E-state index contributed by atoms with van der Waals surface area (Å²) in [4.78, 5) is 26.8. The molecule has 0 radical (unpaired) electrons. The Bertz CT molecular complexity index is 933. The smallest absolute Gasteiger partial charge is 0.254 e. The number of phenolic OH excluding ortho intramolecular Hbond substituents is 1. The van der Waals surface area contributed by atoms with E-state index in [1.54, 1.807) is 18.2 Å². The fourth-order valence-electron chi connectivity index (χ4n) is 3.34. The number of hydrogen-bond donors (Lipinski definition) is 4. The number of carbonyl (C=O) groups excluding carboxylic acids is 2. The van der Waals surface area contributed by atoms with Crippen molar-refractivity contribution in [2.75, 3.05) is 18.4 Å². The van der Waals surface area contributed by atoms with Crippen LogP contribution in [0.3, 0.4) is 0 Å². The van der Waals surface area contributed by atoms with Crippen molar-refractivity contribution < 1.29 is 14.7 Å². The van der Waals surface area contributed by atoms with Crippen molar-refractivity contribution in [2.24, 2.45) is 5.73 Å². The number of hydrogen-bond acceptors (Lipinski definition) is 4. The number of likely N-dealkylation sites (tertiary alicyclic amines) is 1. The van der Waals surface area contributed by atoms with Gasteiger partial charge in [-0.15, -0.1) is 0 Å². The maximum atomic E-state index is 12.6. The molecule has 1 saturated heterocycles. The van der Waals surface area contributed by atoms with Gasteiger partial charge in [-0.3, -0.25) is 15.0 Å². The Morgan fingerprint density at radius 2 is 1.89 bits per heavy atom. The average molecular weight is 380 g/mol. The molecule has 1 aliphatic heterocycles. The predicted octanol–water partition coefficient (Wildman–Crippen LogP) is 2.40. The number of nitrogens with two attached hydrogens (primary N) is 1. The van der Waals surface area contributed by atoms with Crippen LogP contribution in [0, 0.1) is 12.3 Å². The first kappa shape index (κ1) is 19.4. The van der Waals surface area contributed by atoms with Crippen molar-refractivity contribution in [3.8, 4) is 5.75 Å². The van der Waals surface area contributed by atoms with Gasteiger partial charge in [0.05, 0.1) is 6.42 Å². The van der Waals surface area contributed by atoms with Gasteiger partial charge in [0.15, 0.2) is 0 Å². The number of amidine groups is 1. The second-order valence-electron chi connectivity index (χ2n) is 7.01. The highest BCUT2D eigenvalue weighted by Gasteiger charge is 2.21. The standard InChI is InChI=1S/C21H24N4O3/c1-13-10-16(5-6-17(13)21(28)25-8-2-3-9-25)24-19(27)12-15-11-14(20(22)23)4-7-18(15)26/h4-7,10-11,26H,2-3,8-9,12H2,1H3,(H3,22,23)(H,24,27). The van der Waals surface area contributed by atoms with Crippen LogP contribution in [0.15, 0.2) is 36.4 Å². The van der Waals surface area contributed by atoms with Crippen LogP contribution in [-0.4, -0.2) is 40.7 Å². The number of amides is 2. The van der Waals surface area contributed by atoms with Crippen LogP contribution in [0.2, 0.25) is 0 Å². The highest BCUT2D eigenvalue weighted by Crippen LogP contribution is 2.22. The summed E-state index contributed by atoms with van der Waals surface area (Å²) in [5.74, 6) is -0.439. The maximum absolute atomic E-state index is 12.6. The van der Waals surface area contributed by atoms with Gasteiger partial charge in [-0.05, 0) is 61.7 Å². The summed E-state index contributed by atoms with van der Waals surface area (Å²) in [5.41, 5.74) is 8.33. The number of nitrogens with zero attached hydrogens (tertiary/aromatic N) is 1. The van der Waals surface area contributed by atoms with E-state index < -0.39 is 0 Å². The summed E-state index contributed by atoms with van der Waals surface area (Å²) in [6.07, 6.45) is 2.02. The molecule has 1 aliphatic rings. The normalized spacial score (nSPS) is 13.4. The summed E-state index contributed by atoms with van der Waals surface area (Å²) in [5, 5.41) is 20.2. The third kappa shape index (κ3) is 4.31. The maximum Gasteiger partial charge on any atom is 0.254 e. The molecule has 28 heavy (non-hydrogen) atoms. The second kappa shape index (κ2) is 8.12. The van der Waals surface area contributed by atoms with Crippen LogP contribution in [0.5, 0.6) is 5.75 Å². The quantitative estimate of drug-likeness (QED) is 0.470. The SMILES string of the molecule is Cc1cc(NC(=O)Cc2cc(C(=N)N)ccc2O)ccc1C(=O)N1CCCC1. The molecule has 0 aliphatic carbocycles. The molecule has 1 fully saturated rings. The summed E-state index contributed by atoms with van der Waals surface area (Å²) >= 11 is 0. The van der Waals surface area contributed by atoms with E-state index in [0.717, 1.165) is 31.5 Å².